The second kappa shape index (κ2) is 5.11. The molecule has 0 aromatic carbocycles. The van der Waals surface area contributed by atoms with Crippen LogP contribution in [0, 0.1) is 0 Å². The number of anilines is 1. The lowest BCUT2D eigenvalue weighted by atomic mass is 10.1. The summed E-state index contributed by atoms with van der Waals surface area (Å²) in [6.07, 6.45) is -1.93. The summed E-state index contributed by atoms with van der Waals surface area (Å²) in [6.45, 7) is 0. The second-order valence-corrected chi connectivity index (χ2v) is 3.42. The number of nitrogen functional groups attached to an aromatic ring is 1. The molecule has 0 saturated carbocycles. The van der Waals surface area contributed by atoms with E-state index in [0.29, 0.717) is 0 Å². The third-order valence-corrected chi connectivity index (χ3v) is 2.29. The van der Waals surface area contributed by atoms with Crippen molar-refractivity contribution in [1.29, 1.82) is 0 Å². The highest BCUT2D eigenvalue weighted by molar-refractivity contribution is 6.31. The van der Waals surface area contributed by atoms with Crippen LogP contribution in [0.3, 0.4) is 0 Å². The van der Waals surface area contributed by atoms with Gasteiger partial charge in [0.15, 0.2) is 11.3 Å². The van der Waals surface area contributed by atoms with Gasteiger partial charge in [0.25, 0.3) is 0 Å². The quantitative estimate of drug-likeness (QED) is 0.507. The molecular weight excluding hydrogens is 236 g/mol. The van der Waals surface area contributed by atoms with Crippen molar-refractivity contribution in [2.75, 3.05) is 12.8 Å². The maximum absolute atomic E-state index is 11.0. The largest absolute Gasteiger partial charge is 0.467 e. The van der Waals surface area contributed by atoms with Gasteiger partial charge in [0.2, 0.25) is 0 Å². The topological polar surface area (TPSA) is 106 Å². The predicted octanol–water partition coefficient (Wildman–Crippen LogP) is -0.116. The molecule has 1 aromatic rings. The normalized spacial score (nSPS) is 14.2. The summed E-state index contributed by atoms with van der Waals surface area (Å²) in [5.41, 5.74) is 5.79. The molecule has 1 aromatic heterocycles. The van der Waals surface area contributed by atoms with Gasteiger partial charge in [-0.3, -0.25) is 0 Å². The molecule has 16 heavy (non-hydrogen) atoms. The van der Waals surface area contributed by atoms with Crippen LogP contribution < -0.4 is 5.73 Å². The summed E-state index contributed by atoms with van der Waals surface area (Å²) in [5, 5.41) is 19.1. The smallest absolute Gasteiger partial charge is 0.337 e. The molecule has 6 nitrogen and oxygen atoms in total. The SMILES string of the molecule is COC(=O)C(O)C(O)c1cnc(Cl)c(N)c1. The summed E-state index contributed by atoms with van der Waals surface area (Å²) in [6, 6.07) is 1.33. The van der Waals surface area contributed by atoms with E-state index in [1.165, 1.54) is 12.3 Å². The Morgan fingerprint density at radius 2 is 2.25 bits per heavy atom. The number of nitrogens with two attached hydrogens (primary N) is 1. The number of halogens is 1. The molecule has 0 saturated heterocycles. The summed E-state index contributed by atoms with van der Waals surface area (Å²) >= 11 is 5.58. The van der Waals surface area contributed by atoms with E-state index < -0.39 is 18.2 Å². The summed E-state index contributed by atoms with van der Waals surface area (Å²) in [7, 11) is 1.10. The molecule has 88 valence electrons. The average Bonchev–Trinajstić information content (AvgIpc) is 2.29. The van der Waals surface area contributed by atoms with Gasteiger partial charge in [0.05, 0.1) is 12.8 Å². The molecule has 0 bridgehead atoms. The Morgan fingerprint density at radius 1 is 1.62 bits per heavy atom. The highest BCUT2D eigenvalue weighted by Crippen LogP contribution is 2.23. The van der Waals surface area contributed by atoms with Crippen LogP contribution in [0.4, 0.5) is 5.69 Å². The first-order valence-corrected chi connectivity index (χ1v) is 4.70. The molecule has 0 aliphatic rings. The van der Waals surface area contributed by atoms with Crippen molar-refractivity contribution in [3.63, 3.8) is 0 Å². The van der Waals surface area contributed by atoms with E-state index in [-0.39, 0.29) is 16.4 Å². The zero-order valence-electron chi connectivity index (χ0n) is 8.42. The number of nitrogens with zero attached hydrogens (tertiary/aromatic N) is 1. The number of hydrogen-bond donors (Lipinski definition) is 3. The van der Waals surface area contributed by atoms with E-state index >= 15 is 0 Å². The van der Waals surface area contributed by atoms with Crippen LogP contribution in [-0.4, -0.2) is 34.4 Å². The number of aromatic nitrogens is 1. The number of aliphatic hydroxyl groups is 2. The number of rotatable bonds is 3. The van der Waals surface area contributed by atoms with Crippen LogP contribution in [0.15, 0.2) is 12.3 Å². The maximum Gasteiger partial charge on any atom is 0.337 e. The molecule has 0 aliphatic carbocycles. The standard InChI is InChI=1S/C9H11ClN2O4/c1-16-9(15)7(14)6(13)4-2-5(11)8(10)12-3-4/h2-3,6-7,13-14H,11H2,1H3. The number of methoxy groups -OCH3 is 1. The van der Waals surface area contributed by atoms with Gasteiger partial charge in [-0.1, -0.05) is 11.6 Å². The van der Waals surface area contributed by atoms with Gasteiger partial charge in [-0.25, -0.2) is 9.78 Å². The fourth-order valence-corrected chi connectivity index (χ4v) is 1.18. The Labute approximate surface area is 96.6 Å². The predicted molar refractivity (Wildman–Crippen MR) is 56.6 cm³/mol. The molecule has 0 aliphatic heterocycles. The van der Waals surface area contributed by atoms with E-state index in [1.54, 1.807) is 0 Å². The van der Waals surface area contributed by atoms with Crippen molar-refractivity contribution >= 4 is 23.3 Å². The van der Waals surface area contributed by atoms with Crippen molar-refractivity contribution < 1.29 is 19.7 Å². The highest BCUT2D eigenvalue weighted by Gasteiger charge is 2.27. The van der Waals surface area contributed by atoms with Gasteiger partial charge in [-0.15, -0.1) is 0 Å². The Kier molecular flexibility index (Phi) is 4.05. The molecule has 1 heterocycles. The zero-order chi connectivity index (χ0) is 12.3. The van der Waals surface area contributed by atoms with E-state index in [4.69, 9.17) is 17.3 Å². The van der Waals surface area contributed by atoms with E-state index in [0.717, 1.165) is 7.11 Å². The van der Waals surface area contributed by atoms with Gasteiger partial charge in [0, 0.05) is 11.8 Å². The monoisotopic (exact) mass is 246 g/mol. The maximum atomic E-state index is 11.0. The van der Waals surface area contributed by atoms with Crippen molar-refractivity contribution in [2.24, 2.45) is 0 Å². The van der Waals surface area contributed by atoms with Crippen LogP contribution in [0.25, 0.3) is 0 Å². The molecule has 7 heteroatoms. The Balaban J connectivity index is 2.91. The number of ether oxygens (including phenoxy) is 1. The van der Waals surface area contributed by atoms with Crippen LogP contribution in [0.2, 0.25) is 5.15 Å². The van der Waals surface area contributed by atoms with Gasteiger partial charge in [-0.05, 0) is 6.07 Å². The number of carbonyl (C=O) groups is 1. The van der Waals surface area contributed by atoms with Crippen molar-refractivity contribution in [3.8, 4) is 0 Å². The van der Waals surface area contributed by atoms with E-state index in [9.17, 15) is 15.0 Å². The van der Waals surface area contributed by atoms with Crippen molar-refractivity contribution in [1.82, 2.24) is 4.98 Å². The Bertz CT molecular complexity index is 399. The number of carbonyl (C=O) groups excluding carboxylic acids is 1. The van der Waals surface area contributed by atoms with Crippen LogP contribution >= 0.6 is 11.6 Å². The van der Waals surface area contributed by atoms with E-state index in [2.05, 4.69) is 9.72 Å². The lowest BCUT2D eigenvalue weighted by Gasteiger charge is -2.16. The third-order valence-electron chi connectivity index (χ3n) is 1.97. The number of aliphatic hydroxyl groups excluding tert-OH is 2. The van der Waals surface area contributed by atoms with Gasteiger partial charge < -0.3 is 20.7 Å². The molecule has 4 N–H and O–H groups in total. The first-order valence-electron chi connectivity index (χ1n) is 4.32. The first kappa shape index (κ1) is 12.7. The molecule has 1 rings (SSSR count). The molecule has 0 amide bonds. The minimum atomic E-state index is -1.69. The number of pyridine rings is 1. The minimum absolute atomic E-state index is 0.0866. The molecule has 2 unspecified atom stereocenters. The highest BCUT2D eigenvalue weighted by atomic mass is 35.5. The van der Waals surface area contributed by atoms with Crippen LogP contribution in [0.5, 0.6) is 0 Å². The number of hydrogen-bond acceptors (Lipinski definition) is 6. The van der Waals surface area contributed by atoms with Gasteiger partial charge in [-0.2, -0.15) is 0 Å². The van der Waals surface area contributed by atoms with Crippen molar-refractivity contribution in [2.45, 2.75) is 12.2 Å². The zero-order valence-corrected chi connectivity index (χ0v) is 9.18. The molecule has 0 radical (unpaired) electrons. The van der Waals surface area contributed by atoms with Crippen LogP contribution in [-0.2, 0) is 9.53 Å². The van der Waals surface area contributed by atoms with E-state index in [1.807, 2.05) is 0 Å². The molecule has 0 fully saturated rings. The summed E-state index contributed by atoms with van der Waals surface area (Å²) in [4.78, 5) is 14.7. The molecule has 2 atom stereocenters. The first-order chi connectivity index (χ1) is 7.47. The summed E-state index contributed by atoms with van der Waals surface area (Å²) < 4.78 is 4.28. The fourth-order valence-electron chi connectivity index (χ4n) is 1.08. The molecule has 0 spiro atoms. The minimum Gasteiger partial charge on any atom is -0.467 e. The van der Waals surface area contributed by atoms with Gasteiger partial charge >= 0.3 is 5.97 Å². The average molecular weight is 247 g/mol. The van der Waals surface area contributed by atoms with Crippen molar-refractivity contribution in [3.05, 3.63) is 23.0 Å². The second-order valence-electron chi connectivity index (χ2n) is 3.06. The summed E-state index contributed by atoms with van der Waals surface area (Å²) in [5.74, 6) is -0.943. The molecular formula is C9H11ClN2O4. The van der Waals surface area contributed by atoms with Crippen LogP contribution in [0.1, 0.15) is 11.7 Å². The lowest BCUT2D eigenvalue weighted by Crippen LogP contribution is -2.29. The van der Waals surface area contributed by atoms with Gasteiger partial charge in [0.1, 0.15) is 6.10 Å². The number of esters is 1. The third kappa shape index (κ3) is 2.60. The lowest BCUT2D eigenvalue weighted by molar-refractivity contribution is -0.156. The Morgan fingerprint density at radius 3 is 2.75 bits per heavy atom. The fraction of sp³-hybridized carbons (Fsp3) is 0.333. The Hall–Kier alpha value is -1.37.